The summed E-state index contributed by atoms with van der Waals surface area (Å²) in [6.45, 7) is 21.0. The molecule has 3 heteroatoms. The first kappa shape index (κ1) is 39.3. The molecule has 0 saturated heterocycles. The van der Waals surface area contributed by atoms with E-state index in [0.717, 1.165) is 0 Å². The predicted octanol–water partition coefficient (Wildman–Crippen LogP) is 14.9. The molecule has 0 spiro atoms. The van der Waals surface area contributed by atoms with E-state index in [1.165, 1.54) is 112 Å². The van der Waals surface area contributed by atoms with Gasteiger partial charge in [-0.15, -0.1) is 0 Å². The molecule has 0 radical (unpaired) electrons. The molecule has 0 fully saturated rings. The molecule has 11 rings (SSSR count). The number of nitrogens with zero attached hydrogens (tertiary/aromatic N) is 2. The van der Waals surface area contributed by atoms with E-state index in [2.05, 4.69) is 242 Å². The zero-order valence-corrected chi connectivity index (χ0v) is 38.1. The third kappa shape index (κ3) is 6.07. The standard InChI is InChI=1S/C60H55BN2/c1-38-34-49-46-30-24-41(39-18-12-10-13-19-39)36-53(46)63(44-28-25-42(26-29-44)58(2,3)4)61-56(49)54(35-38)62(51-32-27-43(59(5,6)7)37-48(51)40-20-14-11-15-21-40)52-33-31-47-45-22-16-17-23-50(45)60(8,9)55(47)57(52)61/h10-37H,1-9H3. The van der Waals surface area contributed by atoms with Gasteiger partial charge in [-0.05, 0) is 132 Å². The summed E-state index contributed by atoms with van der Waals surface area (Å²) in [6, 6.07) is 64.7. The van der Waals surface area contributed by atoms with Crippen molar-refractivity contribution >= 4 is 46.2 Å². The topological polar surface area (TPSA) is 6.48 Å². The highest BCUT2D eigenvalue weighted by atomic mass is 15.2. The lowest BCUT2D eigenvalue weighted by molar-refractivity contribution is 0.590. The Kier molecular flexibility index (Phi) is 8.71. The van der Waals surface area contributed by atoms with Gasteiger partial charge in [-0.3, -0.25) is 0 Å². The summed E-state index contributed by atoms with van der Waals surface area (Å²) >= 11 is 0. The number of hydrogen-bond acceptors (Lipinski definition) is 2. The van der Waals surface area contributed by atoms with Crippen molar-refractivity contribution in [3.05, 3.63) is 198 Å². The molecule has 3 aliphatic rings. The second-order valence-corrected chi connectivity index (χ2v) is 20.7. The predicted molar refractivity (Wildman–Crippen MR) is 271 cm³/mol. The minimum Gasteiger partial charge on any atom is -0.376 e. The molecule has 8 aromatic carbocycles. The van der Waals surface area contributed by atoms with Crippen molar-refractivity contribution in [3.63, 3.8) is 0 Å². The van der Waals surface area contributed by atoms with Gasteiger partial charge in [-0.25, -0.2) is 0 Å². The van der Waals surface area contributed by atoms with Gasteiger partial charge < -0.3 is 9.71 Å². The van der Waals surface area contributed by atoms with E-state index in [1.807, 2.05) is 0 Å². The molecule has 2 heterocycles. The third-order valence-corrected chi connectivity index (χ3v) is 14.2. The molecule has 308 valence electrons. The molecule has 0 amide bonds. The number of rotatable bonds is 4. The van der Waals surface area contributed by atoms with E-state index in [4.69, 9.17) is 0 Å². The summed E-state index contributed by atoms with van der Waals surface area (Å²) in [5.74, 6) is 0. The van der Waals surface area contributed by atoms with Crippen LogP contribution in [0.15, 0.2) is 170 Å². The van der Waals surface area contributed by atoms with Gasteiger partial charge in [0.1, 0.15) is 0 Å². The second-order valence-electron chi connectivity index (χ2n) is 20.7. The van der Waals surface area contributed by atoms with Crippen LogP contribution in [0.1, 0.15) is 83.2 Å². The Balaban J connectivity index is 1.28. The minimum absolute atomic E-state index is 0.0164. The number of anilines is 5. The van der Waals surface area contributed by atoms with Crippen molar-refractivity contribution in [3.8, 4) is 44.5 Å². The second kappa shape index (κ2) is 14.0. The number of hydrogen-bond donors (Lipinski definition) is 0. The zero-order chi connectivity index (χ0) is 43.6. The number of aryl methyl sites for hydroxylation is 1. The molecule has 8 aromatic rings. The lowest BCUT2D eigenvalue weighted by atomic mass is 9.41. The highest BCUT2D eigenvalue weighted by Crippen LogP contribution is 2.54. The molecule has 0 atom stereocenters. The molecular formula is C60H55BN2. The smallest absolute Gasteiger partial charge is 0.333 e. The summed E-state index contributed by atoms with van der Waals surface area (Å²) in [5.41, 5.74) is 25.4. The van der Waals surface area contributed by atoms with Crippen LogP contribution in [0.5, 0.6) is 0 Å². The Morgan fingerprint density at radius 3 is 1.75 bits per heavy atom. The summed E-state index contributed by atoms with van der Waals surface area (Å²) in [7, 11) is 0. The van der Waals surface area contributed by atoms with E-state index < -0.39 is 0 Å². The first-order valence-corrected chi connectivity index (χ1v) is 22.7. The summed E-state index contributed by atoms with van der Waals surface area (Å²) < 4.78 is 0. The maximum Gasteiger partial charge on any atom is 0.333 e. The van der Waals surface area contributed by atoms with Crippen LogP contribution in [-0.2, 0) is 16.2 Å². The van der Waals surface area contributed by atoms with Crippen molar-refractivity contribution in [2.45, 2.75) is 78.6 Å². The lowest BCUT2D eigenvalue weighted by Gasteiger charge is -2.48. The van der Waals surface area contributed by atoms with Gasteiger partial charge in [0.15, 0.2) is 0 Å². The summed E-state index contributed by atoms with van der Waals surface area (Å²) in [6.07, 6.45) is 0. The average molecular weight is 815 g/mol. The fraction of sp³-hybridized carbons (Fsp3) is 0.200. The average Bonchev–Trinajstić information content (AvgIpc) is 3.51. The fourth-order valence-corrected chi connectivity index (χ4v) is 11.0. The van der Waals surface area contributed by atoms with E-state index in [9.17, 15) is 0 Å². The summed E-state index contributed by atoms with van der Waals surface area (Å²) in [4.78, 5) is 5.34. The molecule has 2 aliphatic heterocycles. The summed E-state index contributed by atoms with van der Waals surface area (Å²) in [5, 5.41) is 0. The van der Waals surface area contributed by atoms with Crippen LogP contribution < -0.4 is 20.6 Å². The largest absolute Gasteiger partial charge is 0.376 e. The molecule has 0 bridgehead atoms. The number of fused-ring (bicyclic) bond motifs is 8. The Bertz CT molecular complexity index is 3110. The van der Waals surface area contributed by atoms with Crippen LogP contribution in [0, 0.1) is 6.92 Å². The first-order chi connectivity index (χ1) is 30.2. The first-order valence-electron chi connectivity index (χ1n) is 22.7. The van der Waals surface area contributed by atoms with Crippen molar-refractivity contribution in [1.82, 2.24) is 0 Å². The van der Waals surface area contributed by atoms with E-state index >= 15 is 0 Å². The maximum absolute atomic E-state index is 2.70. The molecule has 0 N–H and O–H groups in total. The van der Waals surface area contributed by atoms with Gasteiger partial charge in [0.05, 0.1) is 5.69 Å². The van der Waals surface area contributed by atoms with E-state index in [-0.39, 0.29) is 23.1 Å². The monoisotopic (exact) mass is 814 g/mol. The molecular weight excluding hydrogens is 759 g/mol. The van der Waals surface area contributed by atoms with Crippen molar-refractivity contribution < 1.29 is 0 Å². The Morgan fingerprint density at radius 2 is 1.05 bits per heavy atom. The Hall–Kier alpha value is -6.58. The van der Waals surface area contributed by atoms with Crippen LogP contribution in [-0.4, -0.2) is 6.85 Å². The van der Waals surface area contributed by atoms with Crippen LogP contribution >= 0.6 is 0 Å². The molecule has 2 nitrogen and oxygen atoms in total. The van der Waals surface area contributed by atoms with Crippen LogP contribution in [0.25, 0.3) is 44.5 Å². The van der Waals surface area contributed by atoms with Gasteiger partial charge in [0, 0.05) is 39.3 Å². The van der Waals surface area contributed by atoms with E-state index in [0.29, 0.717) is 0 Å². The molecule has 0 aromatic heterocycles. The van der Waals surface area contributed by atoms with Crippen molar-refractivity contribution in [1.29, 1.82) is 0 Å². The van der Waals surface area contributed by atoms with Gasteiger partial charge in [0.25, 0.3) is 0 Å². The highest BCUT2D eigenvalue weighted by molar-refractivity contribution is 6.94. The van der Waals surface area contributed by atoms with Gasteiger partial charge >= 0.3 is 6.85 Å². The van der Waals surface area contributed by atoms with Gasteiger partial charge in [-0.1, -0.05) is 183 Å². The van der Waals surface area contributed by atoms with Crippen molar-refractivity contribution in [2.24, 2.45) is 0 Å². The SMILES string of the molecule is Cc1cc2c3c(c1)N(c1ccc(C(C)(C)C)cc1-c1ccccc1)c1ccc4c(c1B3N(c1ccc(C(C)(C)C)cc1)c1cc(-c3ccccc3)ccc1-2)C(C)(C)c1ccccc1-4. The zero-order valence-electron chi connectivity index (χ0n) is 38.1. The van der Waals surface area contributed by atoms with Gasteiger partial charge in [-0.2, -0.15) is 0 Å². The highest BCUT2D eigenvalue weighted by Gasteiger charge is 2.50. The van der Waals surface area contributed by atoms with Crippen molar-refractivity contribution in [2.75, 3.05) is 9.71 Å². The fourth-order valence-electron chi connectivity index (χ4n) is 11.0. The molecule has 1 aliphatic carbocycles. The molecule has 0 unspecified atom stereocenters. The normalized spacial score (nSPS) is 14.5. The van der Waals surface area contributed by atoms with Crippen LogP contribution in [0.3, 0.4) is 0 Å². The third-order valence-electron chi connectivity index (χ3n) is 14.2. The number of benzene rings is 8. The lowest BCUT2D eigenvalue weighted by Crippen LogP contribution is -2.63. The molecule has 0 saturated carbocycles. The van der Waals surface area contributed by atoms with Gasteiger partial charge in [0.2, 0.25) is 0 Å². The Labute approximate surface area is 375 Å². The maximum atomic E-state index is 2.70. The Morgan fingerprint density at radius 1 is 0.429 bits per heavy atom. The quantitative estimate of drug-likeness (QED) is 0.163. The van der Waals surface area contributed by atoms with Crippen LogP contribution in [0.4, 0.5) is 28.4 Å². The minimum atomic E-state index is -0.252. The van der Waals surface area contributed by atoms with Crippen LogP contribution in [0.2, 0.25) is 0 Å². The molecule has 63 heavy (non-hydrogen) atoms. The van der Waals surface area contributed by atoms with E-state index in [1.54, 1.807) is 0 Å².